The van der Waals surface area contributed by atoms with Crippen molar-refractivity contribution in [2.24, 2.45) is 0 Å². The fourth-order valence-corrected chi connectivity index (χ4v) is 1.01. The van der Waals surface area contributed by atoms with Crippen molar-refractivity contribution in [3.8, 4) is 0 Å². The lowest BCUT2D eigenvalue weighted by atomic mass is 10.5. The van der Waals surface area contributed by atoms with Gasteiger partial charge in [-0.2, -0.15) is 0 Å². The van der Waals surface area contributed by atoms with E-state index in [1.54, 1.807) is 0 Å². The van der Waals surface area contributed by atoms with Crippen LogP contribution in [0.3, 0.4) is 0 Å². The van der Waals surface area contributed by atoms with Crippen LogP contribution in [-0.4, -0.2) is 9.38 Å². The molecular weight excluding hydrogens is 124 g/mol. The maximum absolute atomic E-state index is 4.24. The van der Waals surface area contributed by atoms with E-state index in [0.717, 1.165) is 11.3 Å². The molecule has 2 heterocycles. The van der Waals surface area contributed by atoms with Gasteiger partial charge in [0.25, 0.3) is 0 Å². The number of pyridine rings is 1. The van der Waals surface area contributed by atoms with Gasteiger partial charge in [-0.25, -0.2) is 4.98 Å². The molecule has 49 valence electrons. The van der Waals surface area contributed by atoms with E-state index in [9.17, 15) is 0 Å². The highest BCUT2D eigenvalue weighted by atomic mass is 15.0. The number of rotatable bonds is 0. The molecule has 0 fully saturated rings. The average Bonchev–Trinajstić information content (AvgIpc) is 2.27. The number of nitrogens with zero attached hydrogens (tertiary/aromatic N) is 2. The molecule has 1 radical (unpaired) electrons. The summed E-state index contributed by atoms with van der Waals surface area (Å²) in [5.74, 6) is 0. The van der Waals surface area contributed by atoms with Crippen LogP contribution in [0.5, 0.6) is 0 Å². The Kier molecular flexibility index (Phi) is 1.01. The van der Waals surface area contributed by atoms with Crippen molar-refractivity contribution in [2.75, 3.05) is 0 Å². The molecule has 0 saturated carbocycles. The highest BCUT2D eigenvalue weighted by molar-refractivity contribution is 5.38. The standard InChI is InChI=1S/C8H7N2/c1-7-6-10-5-3-2-4-8(10)9-7/h3-6H,1H3. The van der Waals surface area contributed by atoms with E-state index >= 15 is 0 Å². The lowest BCUT2D eigenvalue weighted by Crippen LogP contribution is -1.77. The average molecular weight is 131 g/mol. The van der Waals surface area contributed by atoms with Gasteiger partial charge in [-0.15, -0.1) is 0 Å². The topological polar surface area (TPSA) is 17.3 Å². The second-order valence-electron chi connectivity index (χ2n) is 2.27. The maximum Gasteiger partial charge on any atom is 0.137 e. The molecule has 0 bridgehead atoms. The number of fused-ring (bicyclic) bond motifs is 1. The van der Waals surface area contributed by atoms with E-state index in [-0.39, 0.29) is 0 Å². The van der Waals surface area contributed by atoms with Crippen LogP contribution in [-0.2, 0) is 0 Å². The molecule has 2 rings (SSSR count). The Labute approximate surface area is 59.1 Å². The summed E-state index contributed by atoms with van der Waals surface area (Å²) in [5.41, 5.74) is 2.00. The van der Waals surface area contributed by atoms with E-state index in [2.05, 4.69) is 11.1 Å². The zero-order valence-electron chi connectivity index (χ0n) is 5.70. The molecule has 10 heavy (non-hydrogen) atoms. The maximum atomic E-state index is 4.24. The summed E-state index contributed by atoms with van der Waals surface area (Å²) in [6, 6.07) is 6.70. The van der Waals surface area contributed by atoms with Crippen LogP contribution < -0.4 is 0 Å². The number of hydrogen-bond acceptors (Lipinski definition) is 1. The number of aryl methyl sites for hydroxylation is 1. The van der Waals surface area contributed by atoms with E-state index < -0.39 is 0 Å². The fourth-order valence-electron chi connectivity index (χ4n) is 1.01. The quantitative estimate of drug-likeness (QED) is 0.529. The molecule has 0 atom stereocenters. The van der Waals surface area contributed by atoms with Gasteiger partial charge in [-0.05, 0) is 25.1 Å². The van der Waals surface area contributed by atoms with Gasteiger partial charge in [0.05, 0.1) is 5.69 Å². The summed E-state index contributed by atoms with van der Waals surface area (Å²) in [5, 5.41) is 0. The summed E-state index contributed by atoms with van der Waals surface area (Å²) in [6.07, 6.45) is 3.93. The van der Waals surface area contributed by atoms with Crippen molar-refractivity contribution in [3.05, 3.63) is 36.3 Å². The third kappa shape index (κ3) is 0.692. The molecule has 0 amide bonds. The fraction of sp³-hybridized carbons (Fsp3) is 0.125. The summed E-state index contributed by atoms with van der Waals surface area (Å²) in [4.78, 5) is 4.24. The zero-order chi connectivity index (χ0) is 6.97. The Bertz CT molecular complexity index is 316. The minimum absolute atomic E-state index is 0.958. The predicted octanol–water partition coefficient (Wildman–Crippen LogP) is 1.44. The molecule has 0 aromatic carbocycles. The Hall–Kier alpha value is -1.31. The largest absolute Gasteiger partial charge is 0.307 e. The first kappa shape index (κ1) is 5.47. The molecule has 0 aliphatic heterocycles. The molecule has 2 aromatic rings. The van der Waals surface area contributed by atoms with Crippen molar-refractivity contribution in [3.63, 3.8) is 0 Å². The van der Waals surface area contributed by atoms with Crippen molar-refractivity contribution in [1.29, 1.82) is 0 Å². The molecule has 0 aliphatic rings. The van der Waals surface area contributed by atoms with Gasteiger partial charge in [0.2, 0.25) is 0 Å². The Morgan fingerprint density at radius 3 is 3.30 bits per heavy atom. The number of imidazole rings is 1. The minimum atomic E-state index is 0.958. The van der Waals surface area contributed by atoms with Gasteiger partial charge in [-0.3, -0.25) is 0 Å². The predicted molar refractivity (Wildman–Crippen MR) is 38.8 cm³/mol. The van der Waals surface area contributed by atoms with Crippen LogP contribution in [0.15, 0.2) is 24.5 Å². The second kappa shape index (κ2) is 1.84. The summed E-state index contributed by atoms with van der Waals surface area (Å²) in [6.45, 7) is 1.98. The molecule has 0 aliphatic carbocycles. The normalized spacial score (nSPS) is 10.5. The van der Waals surface area contributed by atoms with Crippen LogP contribution >= 0.6 is 0 Å². The lowest BCUT2D eigenvalue weighted by Gasteiger charge is -1.86. The number of hydrogen-bond donors (Lipinski definition) is 0. The summed E-state index contributed by atoms with van der Waals surface area (Å²) < 4.78 is 1.98. The molecule has 0 N–H and O–H groups in total. The van der Waals surface area contributed by atoms with Gasteiger partial charge < -0.3 is 4.40 Å². The molecule has 2 aromatic heterocycles. The Morgan fingerprint density at radius 1 is 1.60 bits per heavy atom. The molecule has 2 nitrogen and oxygen atoms in total. The van der Waals surface area contributed by atoms with Crippen molar-refractivity contribution < 1.29 is 0 Å². The van der Waals surface area contributed by atoms with E-state index in [0.29, 0.717) is 0 Å². The van der Waals surface area contributed by atoms with Crippen LogP contribution in [0.25, 0.3) is 5.65 Å². The summed E-state index contributed by atoms with van der Waals surface area (Å²) in [7, 11) is 0. The number of aromatic nitrogens is 2. The van der Waals surface area contributed by atoms with E-state index in [1.165, 1.54) is 0 Å². The van der Waals surface area contributed by atoms with Crippen LogP contribution in [0.1, 0.15) is 5.69 Å². The Morgan fingerprint density at radius 2 is 2.50 bits per heavy atom. The SMILES string of the molecule is Cc1cn2cc[c]cc2n1. The van der Waals surface area contributed by atoms with E-state index in [4.69, 9.17) is 0 Å². The molecule has 0 unspecified atom stereocenters. The zero-order valence-corrected chi connectivity index (χ0v) is 5.70. The van der Waals surface area contributed by atoms with Gasteiger partial charge in [-0.1, -0.05) is 0 Å². The summed E-state index contributed by atoms with van der Waals surface area (Å²) >= 11 is 0. The van der Waals surface area contributed by atoms with Crippen molar-refractivity contribution in [1.82, 2.24) is 9.38 Å². The molecular formula is C8H7N2. The lowest BCUT2D eigenvalue weighted by molar-refractivity contribution is 1.18. The van der Waals surface area contributed by atoms with Crippen molar-refractivity contribution in [2.45, 2.75) is 6.92 Å². The molecule has 0 saturated heterocycles. The third-order valence-corrected chi connectivity index (χ3v) is 1.43. The first-order valence-corrected chi connectivity index (χ1v) is 3.18. The smallest absolute Gasteiger partial charge is 0.137 e. The van der Waals surface area contributed by atoms with Crippen molar-refractivity contribution >= 4 is 5.65 Å². The monoisotopic (exact) mass is 131 g/mol. The third-order valence-electron chi connectivity index (χ3n) is 1.43. The van der Waals surface area contributed by atoms with Gasteiger partial charge in [0, 0.05) is 12.4 Å². The molecule has 0 spiro atoms. The van der Waals surface area contributed by atoms with Gasteiger partial charge in [0.15, 0.2) is 0 Å². The first-order valence-electron chi connectivity index (χ1n) is 3.18. The minimum Gasteiger partial charge on any atom is -0.307 e. The van der Waals surface area contributed by atoms with Gasteiger partial charge in [0.1, 0.15) is 5.65 Å². The van der Waals surface area contributed by atoms with Crippen LogP contribution in [0.2, 0.25) is 0 Å². The highest BCUT2D eigenvalue weighted by Gasteiger charge is 1.92. The van der Waals surface area contributed by atoms with Gasteiger partial charge >= 0.3 is 0 Å². The Balaban J connectivity index is 2.88. The first-order chi connectivity index (χ1) is 4.86. The second-order valence-corrected chi connectivity index (χ2v) is 2.27. The van der Waals surface area contributed by atoms with Crippen LogP contribution in [0, 0.1) is 13.0 Å². The molecule has 2 heteroatoms. The van der Waals surface area contributed by atoms with Crippen LogP contribution in [0.4, 0.5) is 0 Å². The highest BCUT2D eigenvalue weighted by Crippen LogP contribution is 2.01. The van der Waals surface area contributed by atoms with E-state index in [1.807, 2.05) is 35.9 Å².